The molecule has 0 saturated carbocycles. The maximum absolute atomic E-state index is 3.18. The molecule has 1 unspecified atom stereocenters. The normalized spacial score (nSPS) is 19.2. The van der Waals surface area contributed by atoms with Crippen molar-refractivity contribution < 1.29 is 0 Å². The fraction of sp³-hybridized carbons (Fsp3) is 0.357. The predicted octanol–water partition coefficient (Wildman–Crippen LogP) is 35.2. The molecule has 0 radical (unpaired) electrons. The van der Waals surface area contributed by atoms with Gasteiger partial charge in [-0.2, -0.15) is 0 Å². The number of aryl methyl sites for hydroxylation is 1. The summed E-state index contributed by atoms with van der Waals surface area (Å²) in [5, 5.41) is 94.4. The van der Waals surface area contributed by atoms with Crippen molar-refractivity contribution in [3.8, 4) is 0 Å². The van der Waals surface area contributed by atoms with Crippen LogP contribution in [0.3, 0.4) is 0 Å². The van der Waals surface area contributed by atoms with Crippen LogP contribution in [0, 0.1) is 0 Å². The minimum atomic E-state index is -0.391. The van der Waals surface area contributed by atoms with Crippen molar-refractivity contribution in [1.82, 2.24) is 4.90 Å². The third-order valence-electron chi connectivity index (χ3n) is 37.0. The van der Waals surface area contributed by atoms with Gasteiger partial charge in [-0.05, 0) is 460 Å². The van der Waals surface area contributed by atoms with E-state index < -0.39 is 5.41 Å². The highest BCUT2D eigenvalue weighted by molar-refractivity contribution is 7.15. The van der Waals surface area contributed by atoms with Crippen LogP contribution in [0.2, 0.25) is 0 Å². The molecule has 4 heterocycles. The van der Waals surface area contributed by atoms with E-state index in [0.29, 0.717) is 0 Å². The second-order valence-electron chi connectivity index (χ2n) is 41.5. The largest absolute Gasteiger partial charge is 0.296 e. The van der Waals surface area contributed by atoms with Crippen LogP contribution in [0.25, 0.3) is 315 Å². The Morgan fingerprint density at radius 1 is 0.252 bits per heavy atom. The lowest BCUT2D eigenvalue weighted by molar-refractivity contribution is 0.274. The number of rotatable bonds is 35. The van der Waals surface area contributed by atoms with Crippen LogP contribution in [-0.4, -0.2) is 18.5 Å². The zero-order chi connectivity index (χ0) is 76.6. The molecule has 1 nitrogen and oxygen atoms in total. The summed E-state index contributed by atoms with van der Waals surface area (Å²) in [5.74, 6) is 0. The summed E-state index contributed by atoms with van der Waals surface area (Å²) in [6.45, 7) is 15.5. The summed E-state index contributed by atoms with van der Waals surface area (Å²) >= 11 is 6.60. The van der Waals surface area contributed by atoms with Gasteiger partial charge in [0.2, 0.25) is 0 Å². The molecule has 36 rings (SSSR count). The number of likely N-dealkylation sites (N-methyl/N-ethyl adjacent to an activating group) is 1. The quantitative estimate of drug-likeness (QED) is 0.0283. The molecule has 1 atom stereocenters. The van der Waals surface area contributed by atoms with Gasteiger partial charge in [-0.25, -0.2) is 0 Å². The number of hydrogen-bond acceptors (Lipinski definition) is 4. The third-order valence-corrected chi connectivity index (χ3v) is 40.5. The minimum Gasteiger partial charge on any atom is -0.296 e. The number of nitrogens with zero attached hydrogens (tertiary/aromatic N) is 1. The first-order valence-electron chi connectivity index (χ1n) is 48.2. The monoisotopic (exact) mass is 1580 g/mol. The number of thiophene rings is 3. The molecule has 1 saturated heterocycles. The summed E-state index contributed by atoms with van der Waals surface area (Å²) < 4.78 is 0. The van der Waals surface area contributed by atoms with Crippen molar-refractivity contribution >= 4 is 349 Å². The first-order chi connectivity index (χ1) is 59.0. The van der Waals surface area contributed by atoms with E-state index in [1.165, 1.54) is 193 Å². The molecule has 31 aromatic rings. The van der Waals surface area contributed by atoms with Crippen LogP contribution in [-0.2, 0) is 49.4 Å². The molecule has 0 amide bonds. The van der Waals surface area contributed by atoms with Crippen LogP contribution < -0.4 is 0 Å². The molecule has 1 fully saturated rings. The van der Waals surface area contributed by atoms with Crippen molar-refractivity contribution in [3.63, 3.8) is 0 Å². The zero-order valence-corrected chi connectivity index (χ0v) is 72.0. The number of benzene rings is 18. The Hall–Kier alpha value is -9.00. The highest BCUT2D eigenvalue weighted by atomic mass is 32.1. The van der Waals surface area contributed by atoms with E-state index in [9.17, 15) is 0 Å². The number of hydrogen-bond donors (Lipinski definition) is 0. The second kappa shape index (κ2) is 19.6. The SMILES string of the molecule is CCCCCCc1csc(/C=C/c2sc(/C=C/c3sc(C4N(C)CC56c7c8c9c%10c%11c%12c(c%13c%14c5c5c7c7c%15c8c8c9c9c%11c%11c%16c%12c%12c%13c%13c%14c%14c5c5c7c7c%15c%15c8c8c9c%11c9c%11c%16c%12c%12c%13c%13c%14c5c5c7c7c%15c8c9c8c%11c%12c%13c5c78)C%1046)c(CCCCCC)c3CCCCCC)c(CCCCCC)c2CCCCCC)c1CCCCCC. The van der Waals surface area contributed by atoms with Gasteiger partial charge in [0.1, 0.15) is 0 Å². The summed E-state index contributed by atoms with van der Waals surface area (Å²) in [6, 6.07) is 0.133. The standard InChI is InChI=1S/C115H89NS3/c1-8-14-20-26-32-44-42-117-50(45(44)33-27-21-15-9-2)38-39-51-46(34-28-22-16-10-3)47(35-29-23-17-11-4)52(118-51)40-41-53-48(36-30-24-18-12-5)49(37-31-25-19-13-6)112(119-53)113-115-110-104-98-88-76-68-60-56-54-55-58-62(60)70(76)80-74-66(58)67-59(55)63-61-57(54)65-64(56)72-78(68)86-92-82(72)83-73(65)79-69(61)77-71(63)81-75(67)85-84(74)96(90(80)98)106(110)107-97(85)91(81)99-89(77)95-87(79)93(83)101-100(92)108(102(104)94(86)88)114(115,43-116(113)7)109(101)103(95)105(99)111(107)115/h38-42,113H,8-37,43H2,1-7H3/b39-38+,41-40+. The van der Waals surface area contributed by atoms with Gasteiger partial charge in [-0.1, -0.05) is 157 Å². The molecule has 572 valence electrons. The molecule has 0 N–H and O–H groups in total. The topological polar surface area (TPSA) is 3.24 Å². The van der Waals surface area contributed by atoms with Gasteiger partial charge in [0.15, 0.2) is 0 Å². The van der Waals surface area contributed by atoms with Crippen molar-refractivity contribution in [3.05, 3.63) is 85.4 Å². The molecule has 0 bridgehead atoms. The zero-order valence-electron chi connectivity index (χ0n) is 69.6. The minimum absolute atomic E-state index is 0.133. The third kappa shape index (κ3) is 5.55. The molecule has 28 aromatic carbocycles. The van der Waals surface area contributed by atoms with Gasteiger partial charge in [0, 0.05) is 30.9 Å². The number of unbranched alkanes of at least 4 members (excludes halogenated alkanes) is 18. The smallest absolute Gasteiger partial charge is 0.0593 e. The van der Waals surface area contributed by atoms with Gasteiger partial charge < -0.3 is 0 Å². The van der Waals surface area contributed by atoms with Gasteiger partial charge in [0.05, 0.1) is 16.9 Å². The van der Waals surface area contributed by atoms with E-state index >= 15 is 0 Å². The second-order valence-corrected chi connectivity index (χ2v) is 44.6. The van der Waals surface area contributed by atoms with Crippen molar-refractivity contribution in [2.45, 2.75) is 251 Å². The van der Waals surface area contributed by atoms with Gasteiger partial charge in [0.25, 0.3) is 0 Å². The maximum atomic E-state index is 3.18. The summed E-state index contributed by atoms with van der Waals surface area (Å²) in [6.07, 6.45) is 49.4. The van der Waals surface area contributed by atoms with Crippen LogP contribution in [0.15, 0.2) is 5.38 Å². The molecule has 1 aliphatic heterocycles. The van der Waals surface area contributed by atoms with Crippen molar-refractivity contribution in [2.24, 2.45) is 0 Å². The van der Waals surface area contributed by atoms with Gasteiger partial charge >= 0.3 is 0 Å². The van der Waals surface area contributed by atoms with Crippen LogP contribution >= 0.6 is 34.0 Å². The average molecular weight is 1580 g/mol. The van der Waals surface area contributed by atoms with Gasteiger partial charge in [-0.3, -0.25) is 4.90 Å². The Morgan fingerprint density at radius 2 is 0.479 bits per heavy atom. The fourth-order valence-corrected chi connectivity index (χ4v) is 37.8. The van der Waals surface area contributed by atoms with E-state index in [2.05, 4.69) is 117 Å². The van der Waals surface area contributed by atoms with Crippen molar-refractivity contribution in [1.29, 1.82) is 0 Å². The first-order valence-corrected chi connectivity index (χ1v) is 50.7. The molecule has 2 spiro atoms. The van der Waals surface area contributed by atoms with E-state index in [4.69, 9.17) is 0 Å². The molecular weight excluding hydrogens is 1490 g/mol. The van der Waals surface area contributed by atoms with Crippen LogP contribution in [0.5, 0.6) is 0 Å². The summed E-state index contributed by atoms with van der Waals surface area (Å²) in [7, 11) is 2.75. The van der Waals surface area contributed by atoms with E-state index in [0.717, 1.165) is 6.54 Å². The average Bonchev–Trinajstić information content (AvgIpc) is 1.38. The Kier molecular flexibility index (Phi) is 10.4. The highest BCUT2D eigenvalue weighted by Gasteiger charge is 2.76. The molecule has 3 aromatic heterocycles. The lowest BCUT2D eigenvalue weighted by atomic mass is 9.48. The highest BCUT2D eigenvalue weighted by Crippen LogP contribution is 2.87. The number of likely N-dealkylation sites (tertiary alicyclic amines) is 1. The molecular formula is C115H89NS3. The van der Waals surface area contributed by atoms with E-state index in [-0.39, 0.29) is 11.5 Å². The predicted molar refractivity (Wildman–Crippen MR) is 527 cm³/mol. The molecule has 5 aliphatic rings. The summed E-state index contributed by atoms with van der Waals surface area (Å²) in [5.41, 5.74) is 16.8. The molecule has 119 heavy (non-hydrogen) atoms. The van der Waals surface area contributed by atoms with Gasteiger partial charge in [-0.15, -0.1) is 34.0 Å². The summed E-state index contributed by atoms with van der Waals surface area (Å²) in [4.78, 5) is 11.2. The lowest BCUT2D eigenvalue weighted by Crippen LogP contribution is -2.51. The van der Waals surface area contributed by atoms with Crippen LogP contribution in [0.4, 0.5) is 0 Å². The molecule has 4 heteroatoms. The Labute approximate surface area is 698 Å². The Balaban J connectivity index is 0.679. The fourth-order valence-electron chi connectivity index (χ4n) is 34.0. The maximum Gasteiger partial charge on any atom is 0.0593 e. The Bertz CT molecular complexity index is 9110. The Morgan fingerprint density at radius 3 is 0.765 bits per heavy atom. The van der Waals surface area contributed by atoms with E-state index in [1.807, 2.05) is 22.3 Å². The first kappa shape index (κ1) is 63.0. The van der Waals surface area contributed by atoms with E-state index in [1.54, 1.807) is 349 Å². The molecule has 4 aliphatic carbocycles. The lowest BCUT2D eigenvalue weighted by Gasteiger charge is -2.52. The van der Waals surface area contributed by atoms with Crippen molar-refractivity contribution in [2.75, 3.05) is 13.6 Å². The van der Waals surface area contributed by atoms with Crippen LogP contribution in [0.1, 0.15) is 282 Å².